The normalized spacial score (nSPS) is 42.3. The molecule has 7 nitrogen and oxygen atoms in total. The predicted molar refractivity (Wildman–Crippen MR) is 74.0 cm³/mol. The third kappa shape index (κ3) is 3.00. The van der Waals surface area contributed by atoms with E-state index in [4.69, 9.17) is 28.4 Å². The Kier molecular flexibility index (Phi) is 3.98. The van der Waals surface area contributed by atoms with E-state index in [1.807, 2.05) is 27.7 Å². The van der Waals surface area contributed by atoms with Gasteiger partial charge >= 0.3 is 5.97 Å². The van der Waals surface area contributed by atoms with E-state index in [9.17, 15) is 4.79 Å². The molecule has 0 N–H and O–H groups in total. The Morgan fingerprint density at radius 3 is 2.32 bits per heavy atom. The first-order valence-electron chi connectivity index (χ1n) is 7.60. The maximum Gasteiger partial charge on any atom is 0.308 e. The number of hydrogen-bond acceptors (Lipinski definition) is 7. The first-order valence-corrected chi connectivity index (χ1v) is 7.60. The van der Waals surface area contributed by atoms with Gasteiger partial charge in [-0.05, 0) is 27.7 Å². The quantitative estimate of drug-likeness (QED) is 0.719. The highest BCUT2D eigenvalue weighted by atomic mass is 16.8. The van der Waals surface area contributed by atoms with Crippen molar-refractivity contribution in [2.45, 2.75) is 76.2 Å². The lowest BCUT2D eigenvalue weighted by molar-refractivity contribution is -0.208. The van der Waals surface area contributed by atoms with Gasteiger partial charge in [-0.2, -0.15) is 0 Å². The van der Waals surface area contributed by atoms with Crippen LogP contribution in [-0.4, -0.2) is 61.8 Å². The fourth-order valence-corrected chi connectivity index (χ4v) is 3.30. The minimum absolute atomic E-state index is 0.130. The molecule has 3 saturated heterocycles. The SMILES string of the molecule is COC(=O)C[C@@H]1O[C@H]([C@H]2COC(C)(C)O2)[C@@H]2OC(C)(C)O[C@@H]21. The molecule has 0 aromatic rings. The number of hydrogen-bond donors (Lipinski definition) is 0. The van der Waals surface area contributed by atoms with Gasteiger partial charge in [-0.3, -0.25) is 4.79 Å². The van der Waals surface area contributed by atoms with Gasteiger partial charge in [0.15, 0.2) is 11.6 Å². The summed E-state index contributed by atoms with van der Waals surface area (Å²) in [6.07, 6.45) is -1.45. The minimum Gasteiger partial charge on any atom is -0.469 e. The molecule has 3 aliphatic rings. The highest BCUT2D eigenvalue weighted by Gasteiger charge is 2.59. The Labute approximate surface area is 130 Å². The molecule has 5 atom stereocenters. The highest BCUT2D eigenvalue weighted by Crippen LogP contribution is 2.42. The molecule has 0 aliphatic carbocycles. The number of methoxy groups -OCH3 is 1. The first-order chi connectivity index (χ1) is 10.2. The molecule has 3 aliphatic heterocycles. The second-order valence-corrected chi connectivity index (χ2v) is 6.85. The van der Waals surface area contributed by atoms with Gasteiger partial charge in [0.05, 0.1) is 26.2 Å². The summed E-state index contributed by atoms with van der Waals surface area (Å²) in [5.41, 5.74) is 0. The summed E-state index contributed by atoms with van der Waals surface area (Å²) in [6.45, 7) is 7.86. The van der Waals surface area contributed by atoms with Crippen molar-refractivity contribution < 1.29 is 33.2 Å². The Bertz CT molecular complexity index is 447. The van der Waals surface area contributed by atoms with Crippen molar-refractivity contribution in [3.63, 3.8) is 0 Å². The molecule has 3 fully saturated rings. The number of esters is 1. The largest absolute Gasteiger partial charge is 0.469 e. The van der Waals surface area contributed by atoms with E-state index < -0.39 is 17.7 Å². The van der Waals surface area contributed by atoms with E-state index in [1.165, 1.54) is 7.11 Å². The lowest BCUT2D eigenvalue weighted by Crippen LogP contribution is -2.40. The molecule has 22 heavy (non-hydrogen) atoms. The predicted octanol–water partition coefficient (Wildman–Crippen LogP) is 0.988. The maximum absolute atomic E-state index is 11.6. The van der Waals surface area contributed by atoms with E-state index in [0.717, 1.165) is 0 Å². The van der Waals surface area contributed by atoms with Gasteiger partial charge in [0.2, 0.25) is 0 Å². The molecule has 7 heteroatoms. The maximum atomic E-state index is 11.6. The summed E-state index contributed by atoms with van der Waals surface area (Å²) < 4.78 is 34.2. The Morgan fingerprint density at radius 1 is 1.05 bits per heavy atom. The van der Waals surface area contributed by atoms with Crippen LogP contribution in [-0.2, 0) is 33.2 Å². The second-order valence-electron chi connectivity index (χ2n) is 6.85. The molecule has 0 unspecified atom stereocenters. The fraction of sp³-hybridized carbons (Fsp3) is 0.933. The zero-order valence-electron chi connectivity index (χ0n) is 13.7. The van der Waals surface area contributed by atoms with Crippen molar-refractivity contribution in [2.75, 3.05) is 13.7 Å². The molecular formula is C15H24O7. The van der Waals surface area contributed by atoms with Crippen LogP contribution in [0.1, 0.15) is 34.1 Å². The van der Waals surface area contributed by atoms with E-state index in [0.29, 0.717) is 6.61 Å². The molecule has 3 heterocycles. The number of carbonyl (C=O) groups excluding carboxylic acids is 1. The van der Waals surface area contributed by atoms with Crippen molar-refractivity contribution >= 4 is 5.97 Å². The van der Waals surface area contributed by atoms with Crippen molar-refractivity contribution in [3.05, 3.63) is 0 Å². The summed E-state index contributed by atoms with van der Waals surface area (Å²) in [4.78, 5) is 11.6. The molecule has 0 spiro atoms. The third-order valence-corrected chi connectivity index (χ3v) is 4.18. The smallest absolute Gasteiger partial charge is 0.308 e. The van der Waals surface area contributed by atoms with Gasteiger partial charge < -0.3 is 28.4 Å². The van der Waals surface area contributed by atoms with Crippen LogP contribution in [0.3, 0.4) is 0 Å². The molecule has 0 aromatic heterocycles. The lowest BCUT2D eigenvalue weighted by Gasteiger charge is -2.26. The molecule has 0 saturated carbocycles. The van der Waals surface area contributed by atoms with Crippen LogP contribution in [0.4, 0.5) is 0 Å². The van der Waals surface area contributed by atoms with Crippen LogP contribution < -0.4 is 0 Å². The molecule has 126 valence electrons. The van der Waals surface area contributed by atoms with E-state index in [1.54, 1.807) is 0 Å². The molecule has 0 amide bonds. The summed E-state index contributed by atoms with van der Waals surface area (Å²) in [6, 6.07) is 0. The zero-order chi connectivity index (χ0) is 16.1. The second kappa shape index (κ2) is 5.42. The third-order valence-electron chi connectivity index (χ3n) is 4.18. The van der Waals surface area contributed by atoms with E-state index in [-0.39, 0.29) is 36.8 Å². The number of rotatable bonds is 3. The van der Waals surface area contributed by atoms with Crippen LogP contribution in [0.2, 0.25) is 0 Å². The van der Waals surface area contributed by atoms with Crippen LogP contribution in [0.5, 0.6) is 0 Å². The standard InChI is InChI=1S/C15H24O7/c1-14(2)18-7-9(20-14)11-13-12(21-15(3,4)22-13)8(19-11)6-10(16)17-5/h8-9,11-13H,6-7H2,1-5H3/t8-,9+,11+,12+,13-/m0/s1. The summed E-state index contributed by atoms with van der Waals surface area (Å²) in [5, 5.41) is 0. The summed E-state index contributed by atoms with van der Waals surface area (Å²) in [7, 11) is 1.36. The van der Waals surface area contributed by atoms with Crippen molar-refractivity contribution in [3.8, 4) is 0 Å². The highest BCUT2D eigenvalue weighted by molar-refractivity contribution is 5.70. The lowest BCUT2D eigenvalue weighted by atomic mass is 10.0. The van der Waals surface area contributed by atoms with Gasteiger partial charge in [0, 0.05) is 0 Å². The molecule has 3 rings (SSSR count). The van der Waals surface area contributed by atoms with Gasteiger partial charge in [0.1, 0.15) is 24.4 Å². The van der Waals surface area contributed by atoms with Crippen LogP contribution in [0.25, 0.3) is 0 Å². The molecule has 0 radical (unpaired) electrons. The topological polar surface area (TPSA) is 72.5 Å². The average Bonchev–Trinajstić information content (AvgIpc) is 3.01. The fourth-order valence-electron chi connectivity index (χ4n) is 3.30. The summed E-state index contributed by atoms with van der Waals surface area (Å²) >= 11 is 0. The van der Waals surface area contributed by atoms with E-state index in [2.05, 4.69) is 0 Å². The van der Waals surface area contributed by atoms with Crippen molar-refractivity contribution in [1.82, 2.24) is 0 Å². The first kappa shape index (κ1) is 16.1. The minimum atomic E-state index is -0.708. The van der Waals surface area contributed by atoms with Gasteiger partial charge in [-0.25, -0.2) is 0 Å². The summed E-state index contributed by atoms with van der Waals surface area (Å²) in [5.74, 6) is -1.68. The zero-order valence-corrected chi connectivity index (χ0v) is 13.7. The number of ether oxygens (including phenoxy) is 6. The molecular weight excluding hydrogens is 292 g/mol. The molecule has 0 bridgehead atoms. The number of fused-ring (bicyclic) bond motifs is 1. The Morgan fingerprint density at radius 2 is 1.73 bits per heavy atom. The van der Waals surface area contributed by atoms with Gasteiger partial charge in [-0.15, -0.1) is 0 Å². The van der Waals surface area contributed by atoms with Gasteiger partial charge in [-0.1, -0.05) is 0 Å². The monoisotopic (exact) mass is 316 g/mol. The Balaban J connectivity index is 1.75. The van der Waals surface area contributed by atoms with Crippen LogP contribution in [0, 0.1) is 0 Å². The van der Waals surface area contributed by atoms with Gasteiger partial charge in [0.25, 0.3) is 0 Å². The van der Waals surface area contributed by atoms with Crippen molar-refractivity contribution in [1.29, 1.82) is 0 Å². The number of carbonyl (C=O) groups is 1. The Hall–Kier alpha value is -0.730. The average molecular weight is 316 g/mol. The van der Waals surface area contributed by atoms with E-state index >= 15 is 0 Å². The van der Waals surface area contributed by atoms with Crippen molar-refractivity contribution in [2.24, 2.45) is 0 Å². The molecule has 0 aromatic carbocycles. The van der Waals surface area contributed by atoms with Crippen LogP contribution in [0.15, 0.2) is 0 Å². The van der Waals surface area contributed by atoms with Crippen LogP contribution >= 0.6 is 0 Å².